The lowest BCUT2D eigenvalue weighted by atomic mass is 10.3. The number of nitro benzene ring substituents is 1. The van der Waals surface area contributed by atoms with Gasteiger partial charge in [0.05, 0.1) is 16.6 Å². The van der Waals surface area contributed by atoms with Crippen LogP contribution in [-0.2, 0) is 10.0 Å². The van der Waals surface area contributed by atoms with Crippen molar-refractivity contribution in [2.45, 2.75) is 17.9 Å². The molecule has 0 saturated heterocycles. The lowest BCUT2D eigenvalue weighted by molar-refractivity contribution is -0.384. The molecular weight excluding hydrogens is 284 g/mol. The van der Waals surface area contributed by atoms with E-state index in [2.05, 4.69) is 4.72 Å². The molecule has 0 fully saturated rings. The van der Waals surface area contributed by atoms with Crippen LogP contribution in [0.3, 0.4) is 0 Å². The maximum absolute atomic E-state index is 11.8. The lowest BCUT2D eigenvalue weighted by Gasteiger charge is -2.12. The highest BCUT2D eigenvalue weighted by Crippen LogP contribution is 2.26. The highest BCUT2D eigenvalue weighted by Gasteiger charge is 2.22. The van der Waals surface area contributed by atoms with Crippen LogP contribution >= 0.6 is 11.6 Å². The number of halogens is 1. The van der Waals surface area contributed by atoms with Gasteiger partial charge in [0, 0.05) is 18.2 Å². The Hall–Kier alpha value is -1.22. The minimum Gasteiger partial charge on any atom is -0.395 e. The van der Waals surface area contributed by atoms with Crippen LogP contribution in [0.25, 0.3) is 0 Å². The molecule has 7 nitrogen and oxygen atoms in total. The molecule has 0 amide bonds. The van der Waals surface area contributed by atoms with Gasteiger partial charge in [-0.3, -0.25) is 10.1 Å². The number of hydrogen-bond acceptors (Lipinski definition) is 5. The Morgan fingerprint density at radius 3 is 2.61 bits per heavy atom. The van der Waals surface area contributed by atoms with E-state index in [1.807, 2.05) is 0 Å². The average molecular weight is 295 g/mol. The van der Waals surface area contributed by atoms with Crippen LogP contribution in [0, 0.1) is 10.1 Å². The molecule has 100 valence electrons. The molecule has 0 spiro atoms. The minimum absolute atomic E-state index is 0.248. The van der Waals surface area contributed by atoms with Gasteiger partial charge in [-0.05, 0) is 13.0 Å². The zero-order valence-corrected chi connectivity index (χ0v) is 10.9. The van der Waals surface area contributed by atoms with Gasteiger partial charge >= 0.3 is 0 Å². The van der Waals surface area contributed by atoms with Crippen molar-refractivity contribution in [3.63, 3.8) is 0 Å². The second-order valence-electron chi connectivity index (χ2n) is 3.58. The van der Waals surface area contributed by atoms with Crippen LogP contribution in [0.1, 0.15) is 6.92 Å². The van der Waals surface area contributed by atoms with Crippen molar-refractivity contribution < 1.29 is 18.4 Å². The number of nitro groups is 1. The summed E-state index contributed by atoms with van der Waals surface area (Å²) in [5, 5.41) is 19.0. The number of nitrogens with zero attached hydrogens (tertiary/aromatic N) is 1. The van der Waals surface area contributed by atoms with Gasteiger partial charge in [0.2, 0.25) is 10.0 Å². The van der Waals surface area contributed by atoms with Crippen molar-refractivity contribution in [2.75, 3.05) is 6.61 Å². The first-order valence-corrected chi connectivity index (χ1v) is 6.71. The predicted molar refractivity (Wildman–Crippen MR) is 65.0 cm³/mol. The number of non-ortho nitro benzene ring substituents is 1. The van der Waals surface area contributed by atoms with Gasteiger partial charge < -0.3 is 5.11 Å². The molecule has 9 heteroatoms. The van der Waals surface area contributed by atoms with Crippen LogP contribution in [-0.4, -0.2) is 31.1 Å². The van der Waals surface area contributed by atoms with E-state index in [-0.39, 0.29) is 22.2 Å². The van der Waals surface area contributed by atoms with Gasteiger partial charge in [-0.2, -0.15) is 0 Å². The molecule has 1 aromatic rings. The fourth-order valence-electron chi connectivity index (χ4n) is 1.19. The first-order valence-electron chi connectivity index (χ1n) is 4.85. The standard InChI is InChI=1S/C9H11ClN2O5S/c1-6(5-13)11-18(16,17)9-3-2-7(12(14)15)4-8(9)10/h2-4,6,11,13H,5H2,1H3. The largest absolute Gasteiger partial charge is 0.395 e. The Bertz CT molecular complexity index is 560. The third kappa shape index (κ3) is 3.39. The Labute approximate surface area is 109 Å². The molecule has 0 heterocycles. The molecule has 1 rings (SSSR count). The first-order chi connectivity index (χ1) is 8.27. The van der Waals surface area contributed by atoms with Gasteiger partial charge in [-0.1, -0.05) is 11.6 Å². The fraction of sp³-hybridized carbons (Fsp3) is 0.333. The van der Waals surface area contributed by atoms with E-state index in [4.69, 9.17) is 16.7 Å². The Morgan fingerprint density at radius 1 is 1.56 bits per heavy atom. The summed E-state index contributed by atoms with van der Waals surface area (Å²) in [5.41, 5.74) is -0.297. The normalized spacial score (nSPS) is 13.3. The quantitative estimate of drug-likeness (QED) is 0.619. The van der Waals surface area contributed by atoms with Crippen molar-refractivity contribution >= 4 is 27.3 Å². The molecule has 0 bridgehead atoms. The van der Waals surface area contributed by atoms with Crippen LogP contribution < -0.4 is 4.72 Å². The highest BCUT2D eigenvalue weighted by molar-refractivity contribution is 7.89. The number of sulfonamides is 1. The summed E-state index contributed by atoms with van der Waals surface area (Å²) in [6.07, 6.45) is 0. The summed E-state index contributed by atoms with van der Waals surface area (Å²) in [6.45, 7) is 1.10. The van der Waals surface area contributed by atoms with E-state index in [1.165, 1.54) is 6.92 Å². The Morgan fingerprint density at radius 2 is 2.17 bits per heavy atom. The fourth-order valence-corrected chi connectivity index (χ4v) is 2.96. The van der Waals surface area contributed by atoms with E-state index >= 15 is 0 Å². The summed E-state index contributed by atoms with van der Waals surface area (Å²) in [7, 11) is -3.91. The molecule has 0 aromatic heterocycles. The second kappa shape index (κ2) is 5.61. The van der Waals surface area contributed by atoms with E-state index in [0.29, 0.717) is 0 Å². The number of benzene rings is 1. The predicted octanol–water partition coefficient (Wildman–Crippen LogP) is 0.907. The molecule has 0 saturated carbocycles. The first kappa shape index (κ1) is 14.8. The van der Waals surface area contributed by atoms with Crippen LogP contribution in [0.15, 0.2) is 23.1 Å². The molecular formula is C9H11ClN2O5S. The van der Waals surface area contributed by atoms with E-state index in [0.717, 1.165) is 18.2 Å². The number of aliphatic hydroxyl groups excluding tert-OH is 1. The molecule has 18 heavy (non-hydrogen) atoms. The third-order valence-corrected chi connectivity index (χ3v) is 4.12. The topological polar surface area (TPSA) is 110 Å². The smallest absolute Gasteiger partial charge is 0.271 e. The maximum Gasteiger partial charge on any atom is 0.271 e. The molecule has 0 radical (unpaired) electrons. The summed E-state index contributed by atoms with van der Waals surface area (Å²) in [6, 6.07) is 2.37. The van der Waals surface area contributed by atoms with Gasteiger partial charge in [0.15, 0.2) is 0 Å². The molecule has 0 aliphatic rings. The van der Waals surface area contributed by atoms with Crippen molar-refractivity contribution in [2.24, 2.45) is 0 Å². The van der Waals surface area contributed by atoms with E-state index in [1.54, 1.807) is 0 Å². The maximum atomic E-state index is 11.8. The number of aliphatic hydroxyl groups is 1. The molecule has 2 N–H and O–H groups in total. The van der Waals surface area contributed by atoms with Crippen molar-refractivity contribution in [3.05, 3.63) is 33.3 Å². The Kier molecular flexibility index (Phi) is 4.63. The van der Waals surface area contributed by atoms with Crippen molar-refractivity contribution in [1.82, 2.24) is 4.72 Å². The molecule has 0 aliphatic heterocycles. The van der Waals surface area contributed by atoms with Crippen molar-refractivity contribution in [3.8, 4) is 0 Å². The molecule has 1 aromatic carbocycles. The zero-order chi connectivity index (χ0) is 13.9. The second-order valence-corrected chi connectivity index (χ2v) is 5.67. The summed E-state index contributed by atoms with van der Waals surface area (Å²) >= 11 is 5.70. The van der Waals surface area contributed by atoms with Crippen LogP contribution in [0.4, 0.5) is 5.69 Å². The SMILES string of the molecule is CC(CO)NS(=O)(=O)c1ccc([N+](=O)[O-])cc1Cl. The Balaban J connectivity index is 3.14. The number of nitrogens with one attached hydrogen (secondary N) is 1. The third-order valence-electron chi connectivity index (χ3n) is 2.05. The van der Waals surface area contributed by atoms with E-state index < -0.39 is 21.0 Å². The average Bonchev–Trinajstić information content (AvgIpc) is 2.27. The van der Waals surface area contributed by atoms with E-state index in [9.17, 15) is 18.5 Å². The summed E-state index contributed by atoms with van der Waals surface area (Å²) < 4.78 is 25.8. The lowest BCUT2D eigenvalue weighted by Crippen LogP contribution is -2.35. The zero-order valence-electron chi connectivity index (χ0n) is 9.33. The molecule has 0 aliphatic carbocycles. The summed E-state index contributed by atoms with van der Waals surface area (Å²) in [5.74, 6) is 0. The molecule has 1 atom stereocenters. The van der Waals surface area contributed by atoms with Crippen LogP contribution in [0.2, 0.25) is 5.02 Å². The number of hydrogen-bond donors (Lipinski definition) is 2. The van der Waals surface area contributed by atoms with Crippen LogP contribution in [0.5, 0.6) is 0 Å². The van der Waals surface area contributed by atoms with Gasteiger partial charge in [0.25, 0.3) is 5.69 Å². The van der Waals surface area contributed by atoms with Gasteiger partial charge in [0.1, 0.15) is 4.90 Å². The van der Waals surface area contributed by atoms with Gasteiger partial charge in [-0.25, -0.2) is 13.1 Å². The molecule has 1 unspecified atom stereocenters. The van der Waals surface area contributed by atoms with Gasteiger partial charge in [-0.15, -0.1) is 0 Å². The monoisotopic (exact) mass is 294 g/mol. The van der Waals surface area contributed by atoms with Crippen molar-refractivity contribution in [1.29, 1.82) is 0 Å². The number of rotatable bonds is 5. The summed E-state index contributed by atoms with van der Waals surface area (Å²) in [4.78, 5) is 9.54. The minimum atomic E-state index is -3.91. The highest BCUT2D eigenvalue weighted by atomic mass is 35.5.